The molecule has 4 rings (SSSR count). The number of thiophene rings is 1. The van der Waals surface area contributed by atoms with Crippen LogP contribution in [0.15, 0.2) is 58.5 Å². The number of fused-ring (bicyclic) bond motifs is 3. The Morgan fingerprint density at radius 2 is 1.89 bits per heavy atom. The first-order chi connectivity index (χ1) is 17.0. The Hall–Kier alpha value is -3.28. The molecule has 3 N–H and O–H groups in total. The number of carbonyl (C=O) groups excluding carboxylic acids is 2. The van der Waals surface area contributed by atoms with Crippen LogP contribution in [0.5, 0.6) is 0 Å². The molecule has 0 atom stereocenters. The minimum absolute atomic E-state index is 0.00558. The Kier molecular flexibility index (Phi) is 8.11. The van der Waals surface area contributed by atoms with Crippen LogP contribution in [0.4, 0.5) is 10.1 Å². The van der Waals surface area contributed by atoms with E-state index in [2.05, 4.69) is 10.6 Å². The number of hydrogen-bond acceptors (Lipinski definition) is 7. The highest BCUT2D eigenvalue weighted by atomic mass is 32.2. The third kappa shape index (κ3) is 6.05. The fourth-order valence-electron chi connectivity index (χ4n) is 3.50. The molecule has 0 saturated heterocycles. The highest BCUT2D eigenvalue weighted by Gasteiger charge is 2.17. The largest absolute Gasteiger partial charge is 0.395 e. The lowest BCUT2D eigenvalue weighted by Gasteiger charge is -2.12. The fraction of sp³-hybridized carbons (Fsp3) is 0.250. The zero-order chi connectivity index (χ0) is 24.8. The van der Waals surface area contributed by atoms with Crippen molar-refractivity contribution in [3.05, 3.63) is 64.7 Å². The van der Waals surface area contributed by atoms with E-state index >= 15 is 0 Å². The van der Waals surface area contributed by atoms with Crippen molar-refractivity contribution in [1.82, 2.24) is 14.9 Å². The first-order valence-corrected chi connectivity index (χ1v) is 12.7. The summed E-state index contributed by atoms with van der Waals surface area (Å²) in [6.07, 6.45) is 0.580. The summed E-state index contributed by atoms with van der Waals surface area (Å²) in [5, 5.41) is 15.4. The molecule has 0 aliphatic heterocycles. The van der Waals surface area contributed by atoms with Crippen LogP contribution in [0.25, 0.3) is 20.3 Å². The molecule has 0 unspecified atom stereocenters. The van der Waals surface area contributed by atoms with Gasteiger partial charge in [0.2, 0.25) is 11.8 Å². The van der Waals surface area contributed by atoms with Crippen LogP contribution in [-0.2, 0) is 16.1 Å². The standard InChI is InChI=1S/C24H23FN4O4S2/c25-15-7-9-16(10-8-15)27-20(32)14-34-24-28-21-17-4-1-2-5-18(17)35-22(21)23(33)29(24)12-3-6-19(31)26-11-13-30/h1-2,4-5,7-10,30H,3,6,11-14H2,(H,26,31)(H,27,32). The van der Waals surface area contributed by atoms with Gasteiger partial charge in [-0.3, -0.25) is 19.0 Å². The van der Waals surface area contributed by atoms with Gasteiger partial charge < -0.3 is 15.7 Å². The summed E-state index contributed by atoms with van der Waals surface area (Å²) in [4.78, 5) is 42.5. The topological polar surface area (TPSA) is 113 Å². The Bertz CT molecular complexity index is 1420. The van der Waals surface area contributed by atoms with Crippen molar-refractivity contribution in [3.8, 4) is 0 Å². The predicted octanol–water partition coefficient (Wildman–Crippen LogP) is 3.37. The average Bonchev–Trinajstić information content (AvgIpc) is 3.23. The summed E-state index contributed by atoms with van der Waals surface area (Å²) in [7, 11) is 0. The first-order valence-electron chi connectivity index (χ1n) is 10.9. The number of amides is 2. The van der Waals surface area contributed by atoms with Gasteiger partial charge in [-0.05, 0) is 36.8 Å². The van der Waals surface area contributed by atoms with Crippen LogP contribution in [0, 0.1) is 5.82 Å². The monoisotopic (exact) mass is 514 g/mol. The molecule has 0 bridgehead atoms. The van der Waals surface area contributed by atoms with Gasteiger partial charge in [0, 0.05) is 35.3 Å². The molecular formula is C24H23FN4O4S2. The number of carbonyl (C=O) groups is 2. The van der Waals surface area contributed by atoms with Crippen molar-refractivity contribution in [1.29, 1.82) is 0 Å². The molecule has 2 aromatic carbocycles. The van der Waals surface area contributed by atoms with E-state index in [0.29, 0.717) is 27.5 Å². The van der Waals surface area contributed by atoms with Crippen molar-refractivity contribution in [3.63, 3.8) is 0 Å². The average molecular weight is 515 g/mol. The van der Waals surface area contributed by atoms with Crippen molar-refractivity contribution >= 4 is 60.9 Å². The summed E-state index contributed by atoms with van der Waals surface area (Å²) in [6, 6.07) is 13.1. The van der Waals surface area contributed by atoms with Gasteiger partial charge in [0.1, 0.15) is 10.5 Å². The normalized spacial score (nSPS) is 11.1. The number of anilines is 1. The van der Waals surface area contributed by atoms with E-state index in [-0.39, 0.29) is 49.2 Å². The molecule has 0 radical (unpaired) electrons. The summed E-state index contributed by atoms with van der Waals surface area (Å²) < 4.78 is 16.1. The summed E-state index contributed by atoms with van der Waals surface area (Å²) in [5.74, 6) is -0.933. The molecule has 2 aromatic heterocycles. The number of aromatic nitrogens is 2. The second-order valence-corrected chi connectivity index (χ2v) is 9.64. The summed E-state index contributed by atoms with van der Waals surface area (Å²) in [5.41, 5.74) is 0.845. The maximum Gasteiger partial charge on any atom is 0.272 e. The van der Waals surface area contributed by atoms with Gasteiger partial charge in [-0.25, -0.2) is 9.37 Å². The van der Waals surface area contributed by atoms with Crippen LogP contribution in [0.2, 0.25) is 0 Å². The Balaban J connectivity index is 1.57. The molecule has 0 fully saturated rings. The summed E-state index contributed by atoms with van der Waals surface area (Å²) in [6.45, 7) is 0.293. The van der Waals surface area contributed by atoms with E-state index in [1.165, 1.54) is 40.2 Å². The lowest BCUT2D eigenvalue weighted by atomic mass is 10.2. The molecule has 0 saturated carbocycles. The second-order valence-electron chi connectivity index (χ2n) is 7.65. The fourth-order valence-corrected chi connectivity index (χ4v) is 5.41. The maximum absolute atomic E-state index is 13.4. The van der Waals surface area contributed by atoms with E-state index in [4.69, 9.17) is 10.1 Å². The minimum atomic E-state index is -0.396. The number of benzene rings is 2. The third-order valence-corrected chi connectivity index (χ3v) is 7.25. The molecular weight excluding hydrogens is 491 g/mol. The summed E-state index contributed by atoms with van der Waals surface area (Å²) >= 11 is 2.50. The number of hydrogen-bond donors (Lipinski definition) is 3. The predicted molar refractivity (Wildman–Crippen MR) is 136 cm³/mol. The molecule has 182 valence electrons. The van der Waals surface area contributed by atoms with E-state index < -0.39 is 5.82 Å². The van der Waals surface area contributed by atoms with Crippen LogP contribution >= 0.6 is 23.1 Å². The number of thioether (sulfide) groups is 1. The van der Waals surface area contributed by atoms with E-state index in [0.717, 1.165) is 21.8 Å². The Morgan fingerprint density at radius 1 is 1.11 bits per heavy atom. The molecule has 0 aliphatic carbocycles. The van der Waals surface area contributed by atoms with E-state index in [1.54, 1.807) is 0 Å². The van der Waals surface area contributed by atoms with Crippen molar-refractivity contribution in [2.45, 2.75) is 24.5 Å². The van der Waals surface area contributed by atoms with Crippen molar-refractivity contribution < 1.29 is 19.1 Å². The molecule has 0 spiro atoms. The van der Waals surface area contributed by atoms with Crippen LogP contribution < -0.4 is 16.2 Å². The Labute approximate surface area is 208 Å². The molecule has 4 aromatic rings. The zero-order valence-electron chi connectivity index (χ0n) is 18.6. The molecule has 2 amide bonds. The Morgan fingerprint density at radius 3 is 2.66 bits per heavy atom. The van der Waals surface area contributed by atoms with Gasteiger partial charge in [-0.2, -0.15) is 0 Å². The van der Waals surface area contributed by atoms with Crippen LogP contribution in [-0.4, -0.2) is 45.4 Å². The highest BCUT2D eigenvalue weighted by molar-refractivity contribution is 7.99. The third-order valence-electron chi connectivity index (χ3n) is 5.13. The lowest BCUT2D eigenvalue weighted by Crippen LogP contribution is -2.27. The quantitative estimate of drug-likeness (QED) is 0.221. The van der Waals surface area contributed by atoms with Crippen molar-refractivity contribution in [2.75, 3.05) is 24.2 Å². The molecule has 35 heavy (non-hydrogen) atoms. The number of aliphatic hydroxyl groups is 1. The number of aliphatic hydroxyl groups excluding tert-OH is 1. The van der Waals surface area contributed by atoms with Gasteiger partial charge in [0.05, 0.1) is 17.9 Å². The van der Waals surface area contributed by atoms with Gasteiger partial charge >= 0.3 is 0 Å². The SMILES string of the molecule is O=C(CCCn1c(SCC(=O)Nc2ccc(F)cc2)nc2c(sc3ccccc32)c1=O)NCCO. The molecule has 8 nitrogen and oxygen atoms in total. The van der Waals surface area contributed by atoms with Crippen LogP contribution in [0.1, 0.15) is 12.8 Å². The zero-order valence-corrected chi connectivity index (χ0v) is 20.3. The number of rotatable bonds is 10. The maximum atomic E-state index is 13.4. The van der Waals surface area contributed by atoms with Crippen LogP contribution in [0.3, 0.4) is 0 Å². The van der Waals surface area contributed by atoms with Gasteiger partial charge in [-0.15, -0.1) is 11.3 Å². The van der Waals surface area contributed by atoms with E-state index in [9.17, 15) is 18.8 Å². The smallest absolute Gasteiger partial charge is 0.272 e. The van der Waals surface area contributed by atoms with Gasteiger partial charge in [0.25, 0.3) is 5.56 Å². The van der Waals surface area contributed by atoms with Gasteiger partial charge in [-0.1, -0.05) is 30.0 Å². The molecule has 2 heterocycles. The first kappa shape index (κ1) is 24.8. The number of halogens is 1. The highest BCUT2D eigenvalue weighted by Crippen LogP contribution is 2.31. The van der Waals surface area contributed by atoms with Gasteiger partial charge in [0.15, 0.2) is 5.16 Å². The van der Waals surface area contributed by atoms with E-state index in [1.807, 2.05) is 24.3 Å². The van der Waals surface area contributed by atoms with Crippen molar-refractivity contribution in [2.24, 2.45) is 0 Å². The number of nitrogens with one attached hydrogen (secondary N) is 2. The second kappa shape index (κ2) is 11.4. The molecule has 11 heteroatoms. The lowest BCUT2D eigenvalue weighted by molar-refractivity contribution is -0.121. The molecule has 0 aliphatic rings. The minimum Gasteiger partial charge on any atom is -0.395 e. The number of nitrogens with zero attached hydrogens (tertiary/aromatic N) is 2.